The molecule has 4 heteroatoms. The van der Waals surface area contributed by atoms with Crippen molar-refractivity contribution in [1.82, 2.24) is 15.5 Å². The summed E-state index contributed by atoms with van der Waals surface area (Å²) in [6.07, 6.45) is 7.12. The second-order valence-corrected chi connectivity index (χ2v) is 4.90. The van der Waals surface area contributed by atoms with E-state index in [0.717, 1.165) is 25.1 Å². The smallest absolute Gasteiger partial charge is 0.191 e. The molecular formula is C14H28N4. The molecule has 1 aliphatic rings. The molecule has 0 aliphatic carbocycles. The molecule has 4 nitrogen and oxygen atoms in total. The Bertz CT molecular complexity index is 263. The summed E-state index contributed by atoms with van der Waals surface area (Å²) in [6, 6.07) is 0.761. The van der Waals surface area contributed by atoms with E-state index in [9.17, 15) is 0 Å². The van der Waals surface area contributed by atoms with Gasteiger partial charge in [0.05, 0.1) is 0 Å². The van der Waals surface area contributed by atoms with Crippen molar-refractivity contribution in [2.75, 3.05) is 33.2 Å². The molecule has 0 bridgehead atoms. The minimum atomic E-state index is 0.753. The molecule has 0 amide bonds. The van der Waals surface area contributed by atoms with E-state index < -0.39 is 0 Å². The highest BCUT2D eigenvalue weighted by Crippen LogP contribution is 2.15. The summed E-state index contributed by atoms with van der Waals surface area (Å²) in [6.45, 7) is 10.2. The van der Waals surface area contributed by atoms with Crippen LogP contribution in [-0.4, -0.2) is 50.1 Å². The van der Waals surface area contributed by atoms with Crippen molar-refractivity contribution >= 4 is 5.96 Å². The van der Waals surface area contributed by atoms with Crippen molar-refractivity contribution in [2.24, 2.45) is 4.99 Å². The number of likely N-dealkylation sites (tertiary alicyclic amines) is 1. The summed E-state index contributed by atoms with van der Waals surface area (Å²) < 4.78 is 0. The van der Waals surface area contributed by atoms with Gasteiger partial charge >= 0.3 is 0 Å². The minimum Gasteiger partial charge on any atom is -0.356 e. The number of aliphatic imine (C=N–C) groups is 1. The zero-order valence-corrected chi connectivity index (χ0v) is 11.9. The van der Waals surface area contributed by atoms with Crippen LogP contribution in [0.4, 0.5) is 0 Å². The molecule has 1 atom stereocenters. The normalized spacial score (nSPS) is 21.7. The van der Waals surface area contributed by atoms with Gasteiger partial charge in [-0.1, -0.05) is 12.5 Å². The van der Waals surface area contributed by atoms with Crippen LogP contribution in [0.2, 0.25) is 0 Å². The molecule has 1 fully saturated rings. The van der Waals surface area contributed by atoms with Gasteiger partial charge in [-0.05, 0) is 32.7 Å². The average Bonchev–Trinajstić information content (AvgIpc) is 2.40. The Balaban J connectivity index is 2.11. The fourth-order valence-corrected chi connectivity index (χ4v) is 2.37. The maximum absolute atomic E-state index is 4.16. The fourth-order valence-electron chi connectivity index (χ4n) is 2.37. The quantitative estimate of drug-likeness (QED) is 0.326. The lowest BCUT2D eigenvalue weighted by Gasteiger charge is -2.33. The Hall–Kier alpha value is -1.03. The van der Waals surface area contributed by atoms with E-state index in [-0.39, 0.29) is 0 Å². The topological polar surface area (TPSA) is 39.7 Å². The van der Waals surface area contributed by atoms with E-state index in [1.54, 1.807) is 7.05 Å². The molecule has 1 unspecified atom stereocenters. The van der Waals surface area contributed by atoms with E-state index in [0.29, 0.717) is 0 Å². The van der Waals surface area contributed by atoms with Gasteiger partial charge in [0.2, 0.25) is 0 Å². The van der Waals surface area contributed by atoms with E-state index in [1.807, 2.05) is 6.08 Å². The van der Waals surface area contributed by atoms with Gasteiger partial charge in [0.15, 0.2) is 5.96 Å². The predicted molar refractivity (Wildman–Crippen MR) is 79.1 cm³/mol. The Labute approximate surface area is 112 Å². The molecule has 0 aromatic rings. The average molecular weight is 252 g/mol. The molecule has 0 saturated carbocycles. The second-order valence-electron chi connectivity index (χ2n) is 4.90. The van der Waals surface area contributed by atoms with Crippen molar-refractivity contribution in [1.29, 1.82) is 0 Å². The lowest BCUT2D eigenvalue weighted by atomic mass is 10.0. The summed E-state index contributed by atoms with van der Waals surface area (Å²) in [5.74, 6) is 0.863. The summed E-state index contributed by atoms with van der Waals surface area (Å²) in [5, 5.41) is 6.50. The summed E-state index contributed by atoms with van der Waals surface area (Å²) in [7, 11) is 1.80. The second kappa shape index (κ2) is 8.97. The standard InChI is InChI=1S/C14H28N4/c1-4-9-16-14(15-3)17-10-7-12-18-11-6-5-8-13(18)2/h4,13H,1,5-12H2,2-3H3,(H2,15,16,17). The Morgan fingerprint density at radius 1 is 1.44 bits per heavy atom. The Kier molecular flexibility index (Phi) is 7.49. The van der Waals surface area contributed by atoms with Crippen molar-refractivity contribution < 1.29 is 0 Å². The number of nitrogens with zero attached hydrogens (tertiary/aromatic N) is 2. The van der Waals surface area contributed by atoms with Crippen LogP contribution in [0.5, 0.6) is 0 Å². The van der Waals surface area contributed by atoms with Gasteiger partial charge < -0.3 is 15.5 Å². The Morgan fingerprint density at radius 3 is 2.94 bits per heavy atom. The monoisotopic (exact) mass is 252 g/mol. The molecule has 0 spiro atoms. The fraction of sp³-hybridized carbons (Fsp3) is 0.786. The third kappa shape index (κ3) is 5.54. The van der Waals surface area contributed by atoms with Crippen molar-refractivity contribution in [3.8, 4) is 0 Å². The first-order chi connectivity index (χ1) is 8.77. The zero-order chi connectivity index (χ0) is 13.2. The summed E-state index contributed by atoms with van der Waals surface area (Å²) in [5.41, 5.74) is 0. The van der Waals surface area contributed by atoms with Crippen LogP contribution < -0.4 is 10.6 Å². The van der Waals surface area contributed by atoms with Gasteiger partial charge in [-0.2, -0.15) is 0 Å². The van der Waals surface area contributed by atoms with Crippen LogP contribution in [0.15, 0.2) is 17.6 Å². The van der Waals surface area contributed by atoms with Crippen LogP contribution in [-0.2, 0) is 0 Å². The molecule has 18 heavy (non-hydrogen) atoms. The van der Waals surface area contributed by atoms with Gasteiger partial charge in [0, 0.05) is 32.7 Å². The maximum Gasteiger partial charge on any atom is 0.191 e. The lowest BCUT2D eigenvalue weighted by Crippen LogP contribution is -2.41. The van der Waals surface area contributed by atoms with Crippen LogP contribution in [0, 0.1) is 0 Å². The molecule has 2 N–H and O–H groups in total. The first-order valence-electron chi connectivity index (χ1n) is 7.07. The van der Waals surface area contributed by atoms with Crippen LogP contribution in [0.1, 0.15) is 32.6 Å². The number of hydrogen-bond donors (Lipinski definition) is 2. The first-order valence-corrected chi connectivity index (χ1v) is 7.07. The van der Waals surface area contributed by atoms with E-state index in [2.05, 4.69) is 34.0 Å². The molecule has 0 aromatic heterocycles. The number of hydrogen-bond acceptors (Lipinski definition) is 2. The summed E-state index contributed by atoms with van der Waals surface area (Å²) in [4.78, 5) is 6.76. The lowest BCUT2D eigenvalue weighted by molar-refractivity contribution is 0.159. The summed E-state index contributed by atoms with van der Waals surface area (Å²) >= 11 is 0. The third-order valence-electron chi connectivity index (χ3n) is 3.49. The van der Waals surface area contributed by atoms with E-state index in [1.165, 1.54) is 38.8 Å². The van der Waals surface area contributed by atoms with Crippen LogP contribution >= 0.6 is 0 Å². The molecular weight excluding hydrogens is 224 g/mol. The van der Waals surface area contributed by atoms with Gasteiger partial charge in [0.1, 0.15) is 0 Å². The van der Waals surface area contributed by atoms with Gasteiger partial charge in [-0.15, -0.1) is 6.58 Å². The maximum atomic E-state index is 4.16. The number of rotatable bonds is 6. The highest BCUT2D eigenvalue weighted by atomic mass is 15.2. The SMILES string of the molecule is C=CCNC(=NC)NCCCN1CCCCC1C. The van der Waals surface area contributed by atoms with E-state index >= 15 is 0 Å². The van der Waals surface area contributed by atoms with Crippen molar-refractivity contribution in [3.63, 3.8) is 0 Å². The molecule has 0 radical (unpaired) electrons. The highest BCUT2D eigenvalue weighted by Gasteiger charge is 2.16. The molecule has 1 rings (SSSR count). The molecule has 1 saturated heterocycles. The van der Waals surface area contributed by atoms with Crippen molar-refractivity contribution in [3.05, 3.63) is 12.7 Å². The number of nitrogens with one attached hydrogen (secondary N) is 2. The first kappa shape index (κ1) is 15.0. The highest BCUT2D eigenvalue weighted by molar-refractivity contribution is 5.79. The largest absolute Gasteiger partial charge is 0.356 e. The third-order valence-corrected chi connectivity index (χ3v) is 3.49. The molecule has 104 valence electrons. The zero-order valence-electron chi connectivity index (χ0n) is 11.9. The van der Waals surface area contributed by atoms with Crippen LogP contribution in [0.3, 0.4) is 0 Å². The molecule has 0 aromatic carbocycles. The number of guanidine groups is 1. The minimum absolute atomic E-state index is 0.753. The van der Waals surface area contributed by atoms with Gasteiger partial charge in [-0.25, -0.2) is 0 Å². The number of piperidine rings is 1. The predicted octanol–water partition coefficient (Wildman–Crippen LogP) is 1.60. The van der Waals surface area contributed by atoms with Gasteiger partial charge in [0.25, 0.3) is 0 Å². The van der Waals surface area contributed by atoms with Crippen LogP contribution in [0.25, 0.3) is 0 Å². The molecule has 1 aliphatic heterocycles. The van der Waals surface area contributed by atoms with E-state index in [4.69, 9.17) is 0 Å². The van der Waals surface area contributed by atoms with Crippen molar-refractivity contribution in [2.45, 2.75) is 38.6 Å². The molecule has 1 heterocycles. The van der Waals surface area contributed by atoms with Gasteiger partial charge in [-0.3, -0.25) is 4.99 Å². The Morgan fingerprint density at radius 2 is 2.28 bits per heavy atom.